The van der Waals surface area contributed by atoms with Gasteiger partial charge in [0, 0.05) is 54.7 Å². The van der Waals surface area contributed by atoms with Gasteiger partial charge in [0.25, 0.3) is 0 Å². The van der Waals surface area contributed by atoms with Gasteiger partial charge in [0.2, 0.25) is 0 Å². The molecule has 4 nitrogen and oxygen atoms in total. The summed E-state index contributed by atoms with van der Waals surface area (Å²) in [6.07, 6.45) is 11.1. The van der Waals surface area contributed by atoms with Gasteiger partial charge in [0.1, 0.15) is 0 Å². The van der Waals surface area contributed by atoms with Crippen LogP contribution in [0, 0.1) is 0 Å². The predicted molar refractivity (Wildman–Crippen MR) is 122 cm³/mol. The number of hydrogen-bond donors (Lipinski definition) is 1. The van der Waals surface area contributed by atoms with Gasteiger partial charge in [-0.2, -0.15) is 11.8 Å². The molecule has 1 aliphatic carbocycles. The van der Waals surface area contributed by atoms with E-state index in [1.807, 2.05) is 24.6 Å². The molecule has 0 bridgehead atoms. The van der Waals surface area contributed by atoms with Crippen LogP contribution in [0.3, 0.4) is 0 Å². The third-order valence-corrected chi connectivity index (χ3v) is 7.83. The Bertz CT molecular complexity index is 550. The van der Waals surface area contributed by atoms with Gasteiger partial charge < -0.3 is 10.2 Å². The molecule has 1 aromatic rings. The fourth-order valence-corrected chi connectivity index (χ4v) is 6.20. The molecule has 7 heteroatoms. The summed E-state index contributed by atoms with van der Waals surface area (Å²) in [6, 6.07) is 0. The first-order valence-corrected chi connectivity index (χ1v) is 11.1. The molecule has 0 unspecified atom stereocenters. The Kier molecular flexibility index (Phi) is 8.81. The summed E-state index contributed by atoms with van der Waals surface area (Å²) in [4.78, 5) is 12.9. The average Bonchev–Trinajstić information content (AvgIpc) is 3.07. The molecule has 0 radical (unpaired) electrons. The fraction of sp³-hybridized carbons (Fsp3) is 0.778. The quantitative estimate of drug-likeness (QED) is 0.387. The number of aryl methyl sites for hydroxylation is 1. The van der Waals surface area contributed by atoms with Crippen LogP contribution in [0.4, 0.5) is 0 Å². The molecule has 0 amide bonds. The molecular weight excluding hydrogens is 463 g/mol. The van der Waals surface area contributed by atoms with E-state index in [1.165, 1.54) is 47.7 Å². The maximum absolute atomic E-state index is 4.55. The number of rotatable bonds is 4. The van der Waals surface area contributed by atoms with E-state index in [2.05, 4.69) is 38.9 Å². The molecule has 1 spiro atoms. The van der Waals surface area contributed by atoms with Crippen molar-refractivity contribution in [3.05, 3.63) is 16.1 Å². The van der Waals surface area contributed by atoms with E-state index in [0.29, 0.717) is 4.75 Å². The SMILES string of the molecule is CCc1cnc(CCNC(=NC)N2CCSC3(CCCCC3)C2)s1.I. The molecule has 2 aliphatic rings. The van der Waals surface area contributed by atoms with Gasteiger partial charge in [0.05, 0.1) is 5.01 Å². The van der Waals surface area contributed by atoms with E-state index < -0.39 is 0 Å². The smallest absolute Gasteiger partial charge is 0.193 e. The highest BCUT2D eigenvalue weighted by atomic mass is 127. The molecule has 1 saturated carbocycles. The van der Waals surface area contributed by atoms with E-state index in [0.717, 1.165) is 38.4 Å². The maximum atomic E-state index is 4.55. The van der Waals surface area contributed by atoms with E-state index in [9.17, 15) is 0 Å². The van der Waals surface area contributed by atoms with Crippen LogP contribution in [0.1, 0.15) is 48.9 Å². The Balaban J connectivity index is 0.00000225. The van der Waals surface area contributed by atoms with Crippen LogP contribution >= 0.6 is 47.1 Å². The number of halogens is 1. The van der Waals surface area contributed by atoms with E-state index in [-0.39, 0.29) is 24.0 Å². The number of thioether (sulfide) groups is 1. The summed E-state index contributed by atoms with van der Waals surface area (Å²) in [6.45, 7) is 5.38. The first kappa shape index (κ1) is 21.3. The van der Waals surface area contributed by atoms with Crippen molar-refractivity contribution < 1.29 is 0 Å². The highest BCUT2D eigenvalue weighted by molar-refractivity contribution is 14.0. The largest absolute Gasteiger partial charge is 0.356 e. The number of thiazole rings is 1. The number of guanidine groups is 1. The molecule has 2 fully saturated rings. The Morgan fingerprint density at radius 3 is 2.84 bits per heavy atom. The summed E-state index contributed by atoms with van der Waals surface area (Å²) in [7, 11) is 1.91. The topological polar surface area (TPSA) is 40.5 Å². The molecule has 3 rings (SSSR count). The molecular formula is C18H31IN4S2. The van der Waals surface area contributed by atoms with Gasteiger partial charge in [-0.25, -0.2) is 4.98 Å². The highest BCUT2D eigenvalue weighted by Gasteiger charge is 2.38. The van der Waals surface area contributed by atoms with Crippen molar-refractivity contribution in [3.63, 3.8) is 0 Å². The monoisotopic (exact) mass is 494 g/mol. The minimum Gasteiger partial charge on any atom is -0.356 e. The van der Waals surface area contributed by atoms with Gasteiger partial charge in [-0.3, -0.25) is 4.99 Å². The Labute approximate surface area is 177 Å². The highest BCUT2D eigenvalue weighted by Crippen LogP contribution is 2.42. The summed E-state index contributed by atoms with van der Waals surface area (Å²) < 4.78 is 0.486. The number of aromatic nitrogens is 1. The molecule has 1 aromatic heterocycles. The first-order chi connectivity index (χ1) is 11.7. The van der Waals surface area contributed by atoms with Crippen molar-refractivity contribution in [2.75, 3.05) is 32.4 Å². The third kappa shape index (κ3) is 5.73. The first-order valence-electron chi connectivity index (χ1n) is 9.28. The lowest BCUT2D eigenvalue weighted by Crippen LogP contribution is -2.53. The Hall–Kier alpha value is -0.0200. The van der Waals surface area contributed by atoms with E-state index in [1.54, 1.807) is 0 Å². The summed E-state index contributed by atoms with van der Waals surface area (Å²) in [5, 5.41) is 4.80. The van der Waals surface area contributed by atoms with E-state index in [4.69, 9.17) is 0 Å². The molecule has 1 aliphatic heterocycles. The molecule has 1 N–H and O–H groups in total. The van der Waals surface area contributed by atoms with Gasteiger partial charge in [-0.1, -0.05) is 26.2 Å². The zero-order valence-electron chi connectivity index (χ0n) is 15.4. The van der Waals surface area contributed by atoms with Gasteiger partial charge in [-0.05, 0) is 19.3 Å². The van der Waals surface area contributed by atoms with Gasteiger partial charge in [-0.15, -0.1) is 35.3 Å². The van der Waals surface area contributed by atoms with Crippen molar-refractivity contribution >= 4 is 53.0 Å². The van der Waals surface area contributed by atoms with Crippen molar-refractivity contribution in [2.45, 2.75) is 56.6 Å². The summed E-state index contributed by atoms with van der Waals surface area (Å²) >= 11 is 4.05. The second kappa shape index (κ2) is 10.3. The number of aliphatic imine (C=N–C) groups is 1. The number of hydrogen-bond acceptors (Lipinski definition) is 4. The normalized spacial score (nSPS) is 20.4. The molecule has 1 saturated heterocycles. The minimum atomic E-state index is 0. The Morgan fingerprint density at radius 1 is 1.36 bits per heavy atom. The second-order valence-corrected chi connectivity index (χ2v) is 9.57. The van der Waals surface area contributed by atoms with Crippen LogP contribution in [0.5, 0.6) is 0 Å². The van der Waals surface area contributed by atoms with Crippen molar-refractivity contribution in [3.8, 4) is 0 Å². The summed E-state index contributed by atoms with van der Waals surface area (Å²) in [5.74, 6) is 2.31. The Morgan fingerprint density at radius 2 is 2.16 bits per heavy atom. The average molecular weight is 495 g/mol. The molecule has 0 atom stereocenters. The molecule has 25 heavy (non-hydrogen) atoms. The standard InChI is InChI=1S/C18H30N4S2.HI/c1-3-15-13-21-16(24-15)7-10-20-17(19-2)22-11-12-23-18(14-22)8-5-4-6-9-18;/h13H,3-12,14H2,1-2H3,(H,19,20);1H. The lowest BCUT2D eigenvalue weighted by Gasteiger charge is -2.45. The van der Waals surface area contributed by atoms with Crippen LogP contribution in [0.25, 0.3) is 0 Å². The van der Waals surface area contributed by atoms with Crippen LogP contribution in [0.2, 0.25) is 0 Å². The molecule has 0 aromatic carbocycles. The molecule has 2 heterocycles. The fourth-order valence-electron chi connectivity index (χ4n) is 3.76. The minimum absolute atomic E-state index is 0. The van der Waals surface area contributed by atoms with Crippen molar-refractivity contribution in [1.82, 2.24) is 15.2 Å². The lowest BCUT2D eigenvalue weighted by molar-refractivity contribution is 0.293. The van der Waals surface area contributed by atoms with E-state index >= 15 is 0 Å². The second-order valence-electron chi connectivity index (χ2n) is 6.81. The molecule has 142 valence electrons. The third-order valence-electron chi connectivity index (χ3n) is 5.10. The van der Waals surface area contributed by atoms with Gasteiger partial charge in [0.15, 0.2) is 5.96 Å². The number of nitrogens with zero attached hydrogens (tertiary/aromatic N) is 3. The maximum Gasteiger partial charge on any atom is 0.193 e. The summed E-state index contributed by atoms with van der Waals surface area (Å²) in [5.41, 5.74) is 0. The van der Waals surface area contributed by atoms with Crippen molar-refractivity contribution in [1.29, 1.82) is 0 Å². The van der Waals surface area contributed by atoms with Crippen molar-refractivity contribution in [2.24, 2.45) is 4.99 Å². The number of nitrogens with one attached hydrogen (secondary N) is 1. The van der Waals surface area contributed by atoms with Gasteiger partial charge >= 0.3 is 0 Å². The lowest BCUT2D eigenvalue weighted by atomic mass is 9.87. The zero-order valence-corrected chi connectivity index (χ0v) is 19.4. The van der Waals surface area contributed by atoms with Crippen LogP contribution in [0.15, 0.2) is 11.2 Å². The van der Waals surface area contributed by atoms with Crippen LogP contribution in [-0.2, 0) is 12.8 Å². The predicted octanol–water partition coefficient (Wildman–Crippen LogP) is 4.19. The van der Waals surface area contributed by atoms with Crippen LogP contribution in [-0.4, -0.2) is 53.0 Å². The zero-order chi connectivity index (χ0) is 16.8. The van der Waals surface area contributed by atoms with Crippen LogP contribution < -0.4 is 5.32 Å².